The van der Waals surface area contributed by atoms with Crippen LogP contribution < -0.4 is 0 Å². The monoisotopic (exact) mass is 260 g/mol. The third-order valence-corrected chi connectivity index (χ3v) is 2.83. The van der Waals surface area contributed by atoms with Gasteiger partial charge in [0.1, 0.15) is 12.9 Å². The average Bonchev–Trinajstić information content (AvgIpc) is 2.25. The quantitative estimate of drug-likeness (QED) is 0.573. The van der Waals surface area contributed by atoms with Gasteiger partial charge in [0.15, 0.2) is 0 Å². The van der Waals surface area contributed by atoms with Gasteiger partial charge in [0.05, 0.1) is 6.10 Å². The molecule has 1 aliphatic carbocycles. The first-order chi connectivity index (χ1) is 7.76. The Morgan fingerprint density at radius 1 is 1.06 bits per heavy atom. The van der Waals surface area contributed by atoms with E-state index in [1.54, 1.807) is 0 Å². The summed E-state index contributed by atoms with van der Waals surface area (Å²) in [6.07, 6.45) is -3.76. The maximum absolute atomic E-state index is 12.5. The summed E-state index contributed by atoms with van der Waals surface area (Å²) < 4.78 is 65.1. The van der Waals surface area contributed by atoms with E-state index in [0.717, 1.165) is 6.29 Å². The summed E-state index contributed by atoms with van der Waals surface area (Å²) in [5.74, 6) is -4.94. The molecule has 100 valence electrons. The van der Waals surface area contributed by atoms with Crippen LogP contribution in [0.5, 0.6) is 0 Å². The Labute approximate surface area is 95.1 Å². The van der Waals surface area contributed by atoms with Crippen molar-refractivity contribution >= 4 is 6.29 Å². The van der Waals surface area contributed by atoms with Crippen molar-refractivity contribution in [1.29, 1.82) is 0 Å². The first kappa shape index (κ1) is 14.3. The van der Waals surface area contributed by atoms with Crippen molar-refractivity contribution < 1.29 is 31.5 Å². The lowest BCUT2D eigenvalue weighted by Gasteiger charge is -2.28. The molecule has 0 amide bonds. The van der Waals surface area contributed by atoms with Crippen molar-refractivity contribution in [2.75, 3.05) is 6.61 Å². The van der Waals surface area contributed by atoms with Crippen molar-refractivity contribution in [2.45, 2.75) is 43.9 Å². The molecular weight excluding hydrogens is 247 g/mol. The molecule has 0 aromatic heterocycles. The van der Waals surface area contributed by atoms with E-state index in [0.29, 0.717) is 25.7 Å². The Hall–Kier alpha value is -0.720. The molecule has 0 atom stereocenters. The van der Waals surface area contributed by atoms with Gasteiger partial charge < -0.3 is 9.53 Å². The number of alkyl halides is 5. The molecule has 0 aliphatic heterocycles. The summed E-state index contributed by atoms with van der Waals surface area (Å²) in [6.45, 7) is -1.65. The number of hydrogen-bond donors (Lipinski definition) is 0. The fourth-order valence-corrected chi connectivity index (χ4v) is 1.70. The molecule has 1 rings (SSSR count). The zero-order valence-electron chi connectivity index (χ0n) is 8.97. The Morgan fingerprint density at radius 2 is 1.59 bits per heavy atom. The summed E-state index contributed by atoms with van der Waals surface area (Å²) in [6, 6.07) is 0. The van der Waals surface area contributed by atoms with Gasteiger partial charge in [0, 0.05) is 5.92 Å². The lowest BCUT2D eigenvalue weighted by Crippen LogP contribution is -2.42. The van der Waals surface area contributed by atoms with Crippen LogP contribution in [0.2, 0.25) is 0 Å². The van der Waals surface area contributed by atoms with Gasteiger partial charge in [-0.25, -0.2) is 0 Å². The zero-order valence-corrected chi connectivity index (χ0v) is 8.97. The first-order valence-electron chi connectivity index (χ1n) is 5.27. The van der Waals surface area contributed by atoms with Gasteiger partial charge >= 0.3 is 12.1 Å². The second kappa shape index (κ2) is 5.29. The highest BCUT2D eigenvalue weighted by Crippen LogP contribution is 2.36. The molecule has 0 unspecified atom stereocenters. The number of rotatable bonds is 4. The van der Waals surface area contributed by atoms with E-state index in [1.807, 2.05) is 0 Å². The number of hydrogen-bond acceptors (Lipinski definition) is 2. The fraction of sp³-hybridized carbons (Fsp3) is 0.900. The van der Waals surface area contributed by atoms with Crippen molar-refractivity contribution in [3.63, 3.8) is 0 Å². The van der Waals surface area contributed by atoms with E-state index in [2.05, 4.69) is 4.74 Å². The predicted octanol–water partition coefficient (Wildman–Crippen LogP) is 2.96. The topological polar surface area (TPSA) is 26.3 Å². The summed E-state index contributed by atoms with van der Waals surface area (Å²) >= 11 is 0. The minimum Gasteiger partial charge on any atom is -0.372 e. The highest BCUT2D eigenvalue weighted by molar-refractivity contribution is 5.53. The largest absolute Gasteiger partial charge is 0.455 e. The summed E-state index contributed by atoms with van der Waals surface area (Å²) in [4.78, 5) is 10.4. The number of halogens is 5. The molecule has 7 heteroatoms. The third kappa shape index (κ3) is 3.90. The van der Waals surface area contributed by atoms with Crippen molar-refractivity contribution in [3.05, 3.63) is 0 Å². The number of ether oxygens (including phenoxy) is 1. The molecule has 0 spiro atoms. The minimum absolute atomic E-state index is 0.127. The highest BCUT2D eigenvalue weighted by atomic mass is 19.4. The van der Waals surface area contributed by atoms with Crippen LogP contribution in [-0.4, -0.2) is 31.1 Å². The second-order valence-corrected chi connectivity index (χ2v) is 4.19. The van der Waals surface area contributed by atoms with Gasteiger partial charge in [-0.1, -0.05) is 0 Å². The van der Waals surface area contributed by atoms with Gasteiger partial charge in [-0.3, -0.25) is 0 Å². The van der Waals surface area contributed by atoms with Crippen LogP contribution in [-0.2, 0) is 9.53 Å². The van der Waals surface area contributed by atoms with Crippen LogP contribution in [0, 0.1) is 5.92 Å². The van der Waals surface area contributed by atoms with Crippen molar-refractivity contribution in [1.82, 2.24) is 0 Å². The Morgan fingerprint density at radius 3 is 2.00 bits per heavy atom. The number of carbonyl (C=O) groups excluding carboxylic acids is 1. The maximum Gasteiger partial charge on any atom is 0.455 e. The molecule has 0 saturated heterocycles. The van der Waals surface area contributed by atoms with E-state index in [1.165, 1.54) is 0 Å². The highest BCUT2D eigenvalue weighted by Gasteiger charge is 2.57. The van der Waals surface area contributed by atoms with Crippen molar-refractivity contribution in [2.24, 2.45) is 5.92 Å². The first-order valence-corrected chi connectivity index (χ1v) is 5.27. The van der Waals surface area contributed by atoms with Crippen molar-refractivity contribution in [3.8, 4) is 0 Å². The van der Waals surface area contributed by atoms with Gasteiger partial charge in [-0.15, -0.1) is 0 Å². The standard InChI is InChI=1S/C10H13F5O2/c11-9(12,10(13,14)15)6-17-8-3-1-7(5-16)2-4-8/h5,7-8H,1-4,6H2. The molecule has 0 radical (unpaired) electrons. The normalized spacial score (nSPS) is 26.9. The SMILES string of the molecule is O=CC1CCC(OCC(F)(F)C(F)(F)F)CC1. The molecule has 1 fully saturated rings. The molecule has 2 nitrogen and oxygen atoms in total. The molecule has 1 saturated carbocycles. The Balaban J connectivity index is 2.35. The van der Waals surface area contributed by atoms with E-state index >= 15 is 0 Å². The zero-order chi connectivity index (χ0) is 13.1. The molecular formula is C10H13F5O2. The summed E-state index contributed by atoms with van der Waals surface area (Å²) in [7, 11) is 0. The molecule has 0 N–H and O–H groups in total. The Bertz CT molecular complexity index is 256. The van der Waals surface area contributed by atoms with Crippen LogP contribution in [0.25, 0.3) is 0 Å². The summed E-state index contributed by atoms with van der Waals surface area (Å²) in [5.41, 5.74) is 0. The van der Waals surface area contributed by atoms with Crippen LogP contribution >= 0.6 is 0 Å². The molecule has 0 aromatic rings. The fourth-order valence-electron chi connectivity index (χ4n) is 1.70. The lowest BCUT2D eigenvalue weighted by atomic mass is 9.88. The smallest absolute Gasteiger partial charge is 0.372 e. The molecule has 0 aromatic carbocycles. The van der Waals surface area contributed by atoms with Crippen LogP contribution in [0.3, 0.4) is 0 Å². The van der Waals surface area contributed by atoms with Gasteiger partial charge in [-0.2, -0.15) is 22.0 Å². The third-order valence-electron chi connectivity index (χ3n) is 2.83. The van der Waals surface area contributed by atoms with E-state index < -0.39 is 24.8 Å². The number of carbonyl (C=O) groups is 1. The lowest BCUT2D eigenvalue weighted by molar-refractivity contribution is -0.300. The second-order valence-electron chi connectivity index (χ2n) is 4.19. The van der Waals surface area contributed by atoms with Gasteiger partial charge in [0.2, 0.25) is 0 Å². The predicted molar refractivity (Wildman–Crippen MR) is 48.8 cm³/mol. The van der Waals surface area contributed by atoms with E-state index in [4.69, 9.17) is 0 Å². The van der Waals surface area contributed by atoms with Crippen LogP contribution in [0.15, 0.2) is 0 Å². The minimum atomic E-state index is -5.58. The average molecular weight is 260 g/mol. The maximum atomic E-state index is 12.5. The molecule has 0 heterocycles. The Kier molecular flexibility index (Phi) is 4.46. The number of aldehydes is 1. The van der Waals surface area contributed by atoms with Gasteiger partial charge in [-0.05, 0) is 25.7 Å². The summed E-state index contributed by atoms with van der Waals surface area (Å²) in [5, 5.41) is 0. The van der Waals surface area contributed by atoms with Crippen LogP contribution in [0.4, 0.5) is 22.0 Å². The molecule has 1 aliphatic rings. The van der Waals surface area contributed by atoms with E-state index in [9.17, 15) is 26.7 Å². The van der Waals surface area contributed by atoms with E-state index in [-0.39, 0.29) is 5.92 Å². The van der Waals surface area contributed by atoms with Gasteiger partial charge in [0.25, 0.3) is 0 Å². The molecule has 0 bridgehead atoms. The van der Waals surface area contributed by atoms with Crippen LogP contribution in [0.1, 0.15) is 25.7 Å². The molecule has 17 heavy (non-hydrogen) atoms.